The van der Waals surface area contributed by atoms with Crippen molar-refractivity contribution in [1.82, 2.24) is 4.90 Å². The second-order valence-corrected chi connectivity index (χ2v) is 5.02. The van der Waals surface area contributed by atoms with Gasteiger partial charge in [0.2, 0.25) is 5.91 Å². The highest BCUT2D eigenvalue weighted by molar-refractivity contribution is 5.79. The Labute approximate surface area is 93.0 Å². The molecular formula is C12H24N2O. The minimum atomic E-state index is -0.0620. The number of carbonyl (C=O) groups is 1. The van der Waals surface area contributed by atoms with Gasteiger partial charge in [-0.1, -0.05) is 6.92 Å². The number of nitrogens with two attached hydrogens (primary N) is 1. The first-order valence-corrected chi connectivity index (χ1v) is 6.03. The summed E-state index contributed by atoms with van der Waals surface area (Å²) in [7, 11) is 0. The minimum Gasteiger partial charge on any atom is -0.337 e. The van der Waals surface area contributed by atoms with E-state index in [0.29, 0.717) is 12.1 Å². The fraction of sp³-hybridized carbons (Fsp3) is 0.917. The molecule has 1 aliphatic rings. The van der Waals surface area contributed by atoms with Gasteiger partial charge >= 0.3 is 0 Å². The maximum absolute atomic E-state index is 12.2. The Morgan fingerprint density at radius 1 is 1.27 bits per heavy atom. The van der Waals surface area contributed by atoms with Gasteiger partial charge in [0.25, 0.3) is 0 Å². The molecule has 1 heterocycles. The van der Waals surface area contributed by atoms with Crippen molar-refractivity contribution in [3.8, 4) is 0 Å². The molecule has 15 heavy (non-hydrogen) atoms. The largest absolute Gasteiger partial charge is 0.337 e. The quantitative estimate of drug-likeness (QED) is 0.758. The first-order valence-electron chi connectivity index (χ1n) is 6.03. The van der Waals surface area contributed by atoms with E-state index in [1.807, 2.05) is 18.7 Å². The summed E-state index contributed by atoms with van der Waals surface area (Å²) in [5.41, 5.74) is 5.79. The lowest BCUT2D eigenvalue weighted by molar-refractivity contribution is -0.141. The van der Waals surface area contributed by atoms with E-state index in [2.05, 4.69) is 13.8 Å². The summed E-state index contributed by atoms with van der Waals surface area (Å²) < 4.78 is 0. The second kappa shape index (κ2) is 4.97. The van der Waals surface area contributed by atoms with Crippen LogP contribution in [0.3, 0.4) is 0 Å². The van der Waals surface area contributed by atoms with Gasteiger partial charge in [-0.05, 0) is 40.0 Å². The van der Waals surface area contributed by atoms with Crippen LogP contribution >= 0.6 is 0 Å². The normalized spacial score (nSPS) is 31.1. The lowest BCUT2D eigenvalue weighted by Gasteiger charge is -2.41. The molecule has 0 radical (unpaired) electrons. The molecule has 1 fully saturated rings. The van der Waals surface area contributed by atoms with Crippen LogP contribution in [0.5, 0.6) is 0 Å². The van der Waals surface area contributed by atoms with Crippen LogP contribution in [0, 0.1) is 5.92 Å². The van der Waals surface area contributed by atoms with Gasteiger partial charge in [-0.25, -0.2) is 0 Å². The van der Waals surface area contributed by atoms with Gasteiger partial charge < -0.3 is 10.6 Å². The Hall–Kier alpha value is -0.570. The first kappa shape index (κ1) is 12.5. The minimum absolute atomic E-state index is 0.0566. The molecule has 1 aliphatic heterocycles. The van der Waals surface area contributed by atoms with Gasteiger partial charge in [-0.3, -0.25) is 4.79 Å². The Morgan fingerprint density at radius 2 is 1.73 bits per heavy atom. The van der Waals surface area contributed by atoms with Crippen LogP contribution in [-0.4, -0.2) is 28.9 Å². The molecule has 3 nitrogen and oxygen atoms in total. The zero-order valence-electron chi connectivity index (χ0n) is 10.4. The monoisotopic (exact) mass is 212 g/mol. The third-order valence-electron chi connectivity index (χ3n) is 3.63. The van der Waals surface area contributed by atoms with Crippen LogP contribution in [0.2, 0.25) is 0 Å². The molecule has 2 N–H and O–H groups in total. The van der Waals surface area contributed by atoms with E-state index in [1.54, 1.807) is 0 Å². The van der Waals surface area contributed by atoms with Crippen LogP contribution < -0.4 is 5.73 Å². The van der Waals surface area contributed by atoms with Crippen molar-refractivity contribution in [2.24, 2.45) is 11.7 Å². The fourth-order valence-corrected chi connectivity index (χ4v) is 2.32. The van der Waals surface area contributed by atoms with E-state index in [-0.39, 0.29) is 17.9 Å². The summed E-state index contributed by atoms with van der Waals surface area (Å²) in [6.45, 7) is 8.12. The Morgan fingerprint density at radius 3 is 2.13 bits per heavy atom. The lowest BCUT2D eigenvalue weighted by atomic mass is 9.93. The third kappa shape index (κ3) is 2.71. The van der Waals surface area contributed by atoms with Crippen molar-refractivity contribution >= 4 is 5.91 Å². The highest BCUT2D eigenvalue weighted by atomic mass is 16.2. The van der Waals surface area contributed by atoms with Crippen LogP contribution in [-0.2, 0) is 4.79 Å². The van der Waals surface area contributed by atoms with E-state index in [1.165, 1.54) is 6.42 Å². The molecule has 0 bridgehead atoms. The molecule has 0 aliphatic carbocycles. The van der Waals surface area contributed by atoms with Crippen molar-refractivity contribution in [1.29, 1.82) is 0 Å². The summed E-state index contributed by atoms with van der Waals surface area (Å²) in [5, 5.41) is 0. The zero-order chi connectivity index (χ0) is 11.6. The lowest BCUT2D eigenvalue weighted by Crippen LogP contribution is -2.51. The van der Waals surface area contributed by atoms with Crippen molar-refractivity contribution in [3.63, 3.8) is 0 Å². The molecule has 0 spiro atoms. The first-order chi connectivity index (χ1) is 6.95. The maximum Gasteiger partial charge on any atom is 0.227 e. The van der Waals surface area contributed by atoms with Crippen LogP contribution in [0.15, 0.2) is 0 Å². The van der Waals surface area contributed by atoms with E-state index in [0.717, 1.165) is 12.8 Å². The van der Waals surface area contributed by atoms with Gasteiger partial charge in [0.1, 0.15) is 0 Å². The smallest absolute Gasteiger partial charge is 0.227 e. The zero-order valence-corrected chi connectivity index (χ0v) is 10.4. The molecule has 0 aromatic heterocycles. The van der Waals surface area contributed by atoms with Crippen LogP contribution in [0.1, 0.15) is 47.0 Å². The molecule has 0 aromatic rings. The average molecular weight is 212 g/mol. The van der Waals surface area contributed by atoms with E-state index in [9.17, 15) is 4.79 Å². The fourth-order valence-electron chi connectivity index (χ4n) is 2.32. The van der Waals surface area contributed by atoms with Crippen LogP contribution in [0.4, 0.5) is 0 Å². The molecule has 88 valence electrons. The maximum atomic E-state index is 12.2. The predicted molar refractivity (Wildman–Crippen MR) is 62.4 cm³/mol. The van der Waals surface area contributed by atoms with E-state index < -0.39 is 0 Å². The standard InChI is InChI=1S/C12H24N2O/c1-8-6-5-7-9(2)14(8)12(15)10(3)11(4)13/h8-11H,5-7,13H2,1-4H3/t8-,9+,10?,11?. The molecule has 3 heteroatoms. The topological polar surface area (TPSA) is 46.3 Å². The summed E-state index contributed by atoms with van der Waals surface area (Å²) in [6, 6.07) is 0.698. The van der Waals surface area contributed by atoms with E-state index in [4.69, 9.17) is 5.73 Å². The number of amides is 1. The van der Waals surface area contributed by atoms with Gasteiger partial charge in [0, 0.05) is 18.1 Å². The second-order valence-electron chi connectivity index (χ2n) is 5.02. The van der Waals surface area contributed by atoms with Crippen molar-refractivity contribution < 1.29 is 4.79 Å². The predicted octanol–water partition coefficient (Wildman–Crippen LogP) is 1.76. The Kier molecular flexibility index (Phi) is 4.14. The number of nitrogens with zero attached hydrogens (tertiary/aromatic N) is 1. The molecular weight excluding hydrogens is 188 g/mol. The number of likely N-dealkylation sites (tertiary alicyclic amines) is 1. The molecule has 1 saturated heterocycles. The molecule has 1 rings (SSSR count). The summed E-state index contributed by atoms with van der Waals surface area (Å²) in [5.74, 6) is 0.165. The number of hydrogen-bond donors (Lipinski definition) is 1. The Balaban J connectivity index is 2.71. The summed E-state index contributed by atoms with van der Waals surface area (Å²) in [6.07, 6.45) is 3.49. The molecule has 4 atom stereocenters. The average Bonchev–Trinajstić information content (AvgIpc) is 2.15. The molecule has 1 amide bonds. The van der Waals surface area contributed by atoms with Gasteiger partial charge in [-0.2, -0.15) is 0 Å². The molecule has 2 unspecified atom stereocenters. The number of hydrogen-bond acceptors (Lipinski definition) is 2. The Bertz CT molecular complexity index is 218. The van der Waals surface area contributed by atoms with Crippen molar-refractivity contribution in [3.05, 3.63) is 0 Å². The number of carbonyl (C=O) groups excluding carboxylic acids is 1. The van der Waals surface area contributed by atoms with Crippen molar-refractivity contribution in [2.75, 3.05) is 0 Å². The van der Waals surface area contributed by atoms with Crippen molar-refractivity contribution in [2.45, 2.75) is 65.1 Å². The van der Waals surface area contributed by atoms with E-state index >= 15 is 0 Å². The number of rotatable bonds is 2. The van der Waals surface area contributed by atoms with Gasteiger partial charge in [0.15, 0.2) is 0 Å². The number of piperidine rings is 1. The highest BCUT2D eigenvalue weighted by Gasteiger charge is 2.32. The third-order valence-corrected chi connectivity index (χ3v) is 3.63. The highest BCUT2D eigenvalue weighted by Crippen LogP contribution is 2.24. The van der Waals surface area contributed by atoms with Crippen LogP contribution in [0.25, 0.3) is 0 Å². The van der Waals surface area contributed by atoms with Gasteiger partial charge in [-0.15, -0.1) is 0 Å². The molecule has 0 saturated carbocycles. The summed E-state index contributed by atoms with van der Waals surface area (Å²) >= 11 is 0. The van der Waals surface area contributed by atoms with Gasteiger partial charge in [0.05, 0.1) is 5.92 Å². The molecule has 0 aromatic carbocycles. The SMILES string of the molecule is CC(N)C(C)C(=O)N1[C@H](C)CCC[C@@H]1C. The summed E-state index contributed by atoms with van der Waals surface area (Å²) in [4.78, 5) is 14.2.